The van der Waals surface area contributed by atoms with Crippen molar-refractivity contribution >= 4 is 11.6 Å². The number of anilines is 1. The Morgan fingerprint density at radius 3 is 3.06 bits per heavy atom. The molecule has 0 radical (unpaired) electrons. The van der Waals surface area contributed by atoms with Crippen LogP contribution in [0.15, 0.2) is 18.2 Å². The highest BCUT2D eigenvalue weighted by atomic mass is 19.1. The second-order valence-corrected chi connectivity index (χ2v) is 3.74. The van der Waals surface area contributed by atoms with Crippen LogP contribution < -0.4 is 10.6 Å². The Balaban J connectivity index is 1.99. The Morgan fingerprint density at radius 1 is 1.59 bits per heavy atom. The van der Waals surface area contributed by atoms with E-state index in [1.54, 1.807) is 0 Å². The Kier molecular flexibility index (Phi) is 3.55. The number of benzene rings is 1. The van der Waals surface area contributed by atoms with Gasteiger partial charge in [0.1, 0.15) is 6.04 Å². The minimum atomic E-state index is -0.768. The highest BCUT2D eigenvalue weighted by molar-refractivity contribution is 5.95. The van der Waals surface area contributed by atoms with Crippen LogP contribution in [0, 0.1) is 5.82 Å². The van der Waals surface area contributed by atoms with E-state index in [0.717, 1.165) is 6.07 Å². The van der Waals surface area contributed by atoms with Crippen LogP contribution in [0.3, 0.4) is 0 Å². The van der Waals surface area contributed by atoms with Crippen molar-refractivity contribution in [3.63, 3.8) is 0 Å². The van der Waals surface area contributed by atoms with Gasteiger partial charge >= 0.3 is 0 Å². The molecule has 1 saturated heterocycles. The third-order valence-corrected chi connectivity index (χ3v) is 2.45. The van der Waals surface area contributed by atoms with Gasteiger partial charge in [-0.3, -0.25) is 4.79 Å². The Morgan fingerprint density at radius 2 is 2.41 bits per heavy atom. The summed E-state index contributed by atoms with van der Waals surface area (Å²) in [4.78, 5) is 11.7. The summed E-state index contributed by atoms with van der Waals surface area (Å²) < 4.78 is 18.2. The minimum absolute atomic E-state index is 0.283. The molecule has 1 aromatic carbocycles. The second-order valence-electron chi connectivity index (χ2n) is 3.74. The summed E-state index contributed by atoms with van der Waals surface area (Å²) in [5, 5.41) is 14.5. The summed E-state index contributed by atoms with van der Waals surface area (Å²) in [6.45, 7) is 1.49. The van der Waals surface area contributed by atoms with Gasteiger partial charge in [0.15, 0.2) is 11.6 Å². The molecule has 3 N–H and O–H groups in total. The van der Waals surface area contributed by atoms with Gasteiger partial charge in [0.05, 0.1) is 13.2 Å². The first-order chi connectivity index (χ1) is 8.16. The fraction of sp³-hybridized carbons (Fsp3) is 0.364. The summed E-state index contributed by atoms with van der Waals surface area (Å²) >= 11 is 0. The topological polar surface area (TPSA) is 70.6 Å². The van der Waals surface area contributed by atoms with Crippen LogP contribution in [0.25, 0.3) is 0 Å². The van der Waals surface area contributed by atoms with Gasteiger partial charge in [-0.1, -0.05) is 0 Å². The van der Waals surface area contributed by atoms with Gasteiger partial charge in [-0.15, -0.1) is 0 Å². The lowest BCUT2D eigenvalue weighted by Crippen LogP contribution is -2.48. The van der Waals surface area contributed by atoms with E-state index in [0.29, 0.717) is 25.4 Å². The first kappa shape index (κ1) is 11.8. The molecule has 92 valence electrons. The van der Waals surface area contributed by atoms with E-state index < -0.39 is 17.6 Å². The Labute approximate surface area is 97.6 Å². The van der Waals surface area contributed by atoms with Gasteiger partial charge in [0.2, 0.25) is 5.91 Å². The summed E-state index contributed by atoms with van der Waals surface area (Å²) in [6.07, 6.45) is 0. The van der Waals surface area contributed by atoms with E-state index in [9.17, 15) is 9.18 Å². The number of carbonyl (C=O) groups excluding carboxylic acids is 1. The van der Waals surface area contributed by atoms with Crippen molar-refractivity contribution in [3.8, 4) is 5.75 Å². The molecule has 1 atom stereocenters. The molecule has 1 aliphatic rings. The van der Waals surface area contributed by atoms with Crippen molar-refractivity contribution in [2.24, 2.45) is 0 Å². The number of amides is 1. The standard InChI is InChI=1S/C11H13FN2O3/c12-8-5-7(1-2-10(8)15)14-11(16)9-6-17-4-3-13-9/h1-2,5,9,13,15H,3-4,6H2,(H,14,16). The molecule has 1 fully saturated rings. The molecule has 0 aromatic heterocycles. The predicted molar refractivity (Wildman–Crippen MR) is 59.3 cm³/mol. The number of phenolic OH excluding ortho intramolecular Hbond substituents is 1. The second kappa shape index (κ2) is 5.11. The lowest BCUT2D eigenvalue weighted by atomic mass is 10.2. The zero-order valence-electron chi connectivity index (χ0n) is 9.07. The van der Waals surface area contributed by atoms with Crippen LogP contribution >= 0.6 is 0 Å². The van der Waals surface area contributed by atoms with Crippen molar-refractivity contribution in [2.75, 3.05) is 25.1 Å². The fourth-order valence-electron chi connectivity index (χ4n) is 1.55. The molecule has 1 heterocycles. The molecule has 1 amide bonds. The smallest absolute Gasteiger partial charge is 0.243 e. The molecule has 0 spiro atoms. The van der Waals surface area contributed by atoms with Crippen molar-refractivity contribution in [2.45, 2.75) is 6.04 Å². The number of morpholine rings is 1. The molecular weight excluding hydrogens is 227 g/mol. The summed E-state index contributed by atoms with van der Waals surface area (Å²) in [5.74, 6) is -1.49. The normalized spacial score (nSPS) is 19.9. The van der Waals surface area contributed by atoms with E-state index in [2.05, 4.69) is 10.6 Å². The van der Waals surface area contributed by atoms with Crippen molar-refractivity contribution in [1.29, 1.82) is 0 Å². The van der Waals surface area contributed by atoms with Gasteiger partial charge in [-0.05, 0) is 12.1 Å². The molecule has 5 nitrogen and oxygen atoms in total. The van der Waals surface area contributed by atoms with Gasteiger partial charge in [0.25, 0.3) is 0 Å². The SMILES string of the molecule is O=C(Nc1ccc(O)c(F)c1)C1COCCN1. The van der Waals surface area contributed by atoms with Crippen LogP contribution in [0.5, 0.6) is 5.75 Å². The predicted octanol–water partition coefficient (Wildman–Crippen LogP) is 0.458. The number of halogens is 1. The van der Waals surface area contributed by atoms with Gasteiger partial charge in [-0.25, -0.2) is 4.39 Å². The minimum Gasteiger partial charge on any atom is -0.505 e. The maximum Gasteiger partial charge on any atom is 0.243 e. The van der Waals surface area contributed by atoms with Crippen LogP contribution in [-0.2, 0) is 9.53 Å². The van der Waals surface area contributed by atoms with E-state index in [4.69, 9.17) is 9.84 Å². The van der Waals surface area contributed by atoms with Crippen LogP contribution in [-0.4, -0.2) is 36.8 Å². The molecule has 1 aromatic rings. The zero-order chi connectivity index (χ0) is 12.3. The van der Waals surface area contributed by atoms with Gasteiger partial charge in [0, 0.05) is 18.3 Å². The third kappa shape index (κ3) is 2.92. The molecule has 0 saturated carbocycles. The van der Waals surface area contributed by atoms with Gasteiger partial charge in [-0.2, -0.15) is 0 Å². The lowest BCUT2D eigenvalue weighted by Gasteiger charge is -2.22. The van der Waals surface area contributed by atoms with Crippen LogP contribution in [0.2, 0.25) is 0 Å². The first-order valence-corrected chi connectivity index (χ1v) is 5.27. The van der Waals surface area contributed by atoms with Crippen LogP contribution in [0.1, 0.15) is 0 Å². The average molecular weight is 240 g/mol. The number of nitrogens with one attached hydrogen (secondary N) is 2. The first-order valence-electron chi connectivity index (χ1n) is 5.27. The quantitative estimate of drug-likeness (QED) is 0.657. The maximum atomic E-state index is 13.0. The molecule has 0 bridgehead atoms. The number of hydrogen-bond donors (Lipinski definition) is 3. The van der Waals surface area contributed by atoms with Crippen molar-refractivity contribution in [3.05, 3.63) is 24.0 Å². The largest absolute Gasteiger partial charge is 0.505 e. The maximum absolute atomic E-state index is 13.0. The van der Waals surface area contributed by atoms with E-state index in [-0.39, 0.29) is 5.91 Å². The number of aromatic hydroxyl groups is 1. The molecule has 2 rings (SSSR count). The molecule has 1 unspecified atom stereocenters. The van der Waals surface area contributed by atoms with Crippen molar-refractivity contribution in [1.82, 2.24) is 5.32 Å². The average Bonchev–Trinajstić information content (AvgIpc) is 2.35. The number of carbonyl (C=O) groups is 1. The van der Waals surface area contributed by atoms with Crippen LogP contribution in [0.4, 0.5) is 10.1 Å². The highest BCUT2D eigenvalue weighted by Gasteiger charge is 2.21. The molecule has 17 heavy (non-hydrogen) atoms. The number of hydrogen-bond acceptors (Lipinski definition) is 4. The number of ether oxygens (including phenoxy) is 1. The molecule has 1 aliphatic heterocycles. The molecular formula is C11H13FN2O3. The molecule has 6 heteroatoms. The number of rotatable bonds is 2. The lowest BCUT2D eigenvalue weighted by molar-refractivity contribution is -0.120. The van der Waals surface area contributed by atoms with E-state index in [1.165, 1.54) is 12.1 Å². The fourth-order valence-corrected chi connectivity index (χ4v) is 1.55. The highest BCUT2D eigenvalue weighted by Crippen LogP contribution is 2.19. The number of phenols is 1. The Hall–Kier alpha value is -1.66. The van der Waals surface area contributed by atoms with E-state index in [1.807, 2.05) is 0 Å². The Bertz CT molecular complexity index is 419. The summed E-state index contributed by atoms with van der Waals surface area (Å²) in [6, 6.07) is 3.26. The zero-order valence-corrected chi connectivity index (χ0v) is 9.07. The third-order valence-electron chi connectivity index (χ3n) is 2.45. The summed E-state index contributed by atoms with van der Waals surface area (Å²) in [7, 11) is 0. The monoisotopic (exact) mass is 240 g/mol. The van der Waals surface area contributed by atoms with Gasteiger partial charge < -0.3 is 20.5 Å². The molecule has 0 aliphatic carbocycles. The summed E-state index contributed by atoms with van der Waals surface area (Å²) in [5.41, 5.74) is 0.303. The van der Waals surface area contributed by atoms with E-state index >= 15 is 0 Å². The van der Waals surface area contributed by atoms with Crippen molar-refractivity contribution < 1.29 is 19.0 Å².